The topological polar surface area (TPSA) is 55.8 Å². The molecule has 0 amide bonds. The maximum Gasteiger partial charge on any atom is 0.335 e. The van der Waals surface area contributed by atoms with Crippen molar-refractivity contribution >= 4 is 5.97 Å². The number of carboxylic acid groups (broad SMARTS) is 1. The minimum absolute atomic E-state index is 0.232. The van der Waals surface area contributed by atoms with Crippen LogP contribution in [0.1, 0.15) is 37.0 Å². The second-order valence-electron chi connectivity index (χ2n) is 4.83. The second kappa shape index (κ2) is 8.53. The zero-order valence-electron chi connectivity index (χ0n) is 11.6. The van der Waals surface area contributed by atoms with Crippen molar-refractivity contribution in [3.05, 3.63) is 29.8 Å². The summed E-state index contributed by atoms with van der Waals surface area (Å²) < 4.78 is 10.9. The van der Waals surface area contributed by atoms with Crippen molar-refractivity contribution in [2.75, 3.05) is 19.8 Å². The highest BCUT2D eigenvalue weighted by Crippen LogP contribution is 2.13. The van der Waals surface area contributed by atoms with Crippen molar-refractivity contribution < 1.29 is 19.4 Å². The van der Waals surface area contributed by atoms with Crippen LogP contribution in [0.15, 0.2) is 24.3 Å². The highest BCUT2D eigenvalue weighted by molar-refractivity contribution is 5.87. The predicted octanol–water partition coefficient (Wildman–Crippen LogP) is 3.22. The summed E-state index contributed by atoms with van der Waals surface area (Å²) in [4.78, 5) is 10.8. The predicted molar refractivity (Wildman–Crippen MR) is 73.8 cm³/mol. The summed E-state index contributed by atoms with van der Waals surface area (Å²) in [5.74, 6) is 0.319. The van der Waals surface area contributed by atoms with Gasteiger partial charge in [0.15, 0.2) is 0 Å². The lowest BCUT2D eigenvalue weighted by Gasteiger charge is -2.08. The number of ether oxygens (including phenoxy) is 2. The molecule has 0 spiro atoms. The Kier molecular flexibility index (Phi) is 6.97. The van der Waals surface area contributed by atoms with Crippen LogP contribution < -0.4 is 4.74 Å². The van der Waals surface area contributed by atoms with Gasteiger partial charge in [-0.05, 0) is 37.0 Å². The summed E-state index contributed by atoms with van der Waals surface area (Å²) in [7, 11) is 0. The first-order chi connectivity index (χ1) is 9.09. The Hall–Kier alpha value is -1.55. The monoisotopic (exact) mass is 266 g/mol. The van der Waals surface area contributed by atoms with Crippen molar-refractivity contribution in [1.29, 1.82) is 0 Å². The van der Waals surface area contributed by atoms with Gasteiger partial charge in [0.25, 0.3) is 0 Å². The van der Waals surface area contributed by atoms with E-state index < -0.39 is 5.97 Å². The first-order valence-electron chi connectivity index (χ1n) is 6.63. The summed E-state index contributed by atoms with van der Waals surface area (Å²) >= 11 is 0. The molecule has 0 radical (unpaired) electrons. The third kappa shape index (κ3) is 6.82. The van der Waals surface area contributed by atoms with Crippen LogP contribution in [0, 0.1) is 5.92 Å². The first kappa shape index (κ1) is 15.5. The molecule has 1 N–H and O–H groups in total. The van der Waals surface area contributed by atoms with Gasteiger partial charge in [0, 0.05) is 6.61 Å². The van der Waals surface area contributed by atoms with Gasteiger partial charge in [-0.3, -0.25) is 0 Å². The lowest BCUT2D eigenvalue weighted by molar-refractivity contribution is 0.0696. The normalized spacial score (nSPS) is 10.7. The molecule has 0 saturated carbocycles. The molecule has 1 aromatic rings. The molecule has 0 heterocycles. The van der Waals surface area contributed by atoms with E-state index in [4.69, 9.17) is 14.6 Å². The van der Waals surface area contributed by atoms with E-state index in [1.807, 2.05) is 0 Å². The third-order valence-corrected chi connectivity index (χ3v) is 2.65. The molecule has 4 nitrogen and oxygen atoms in total. The average molecular weight is 266 g/mol. The molecule has 0 aliphatic carbocycles. The molecule has 0 fully saturated rings. The maximum atomic E-state index is 10.8. The van der Waals surface area contributed by atoms with Gasteiger partial charge in [0.05, 0.1) is 12.2 Å². The Bertz CT molecular complexity index is 387. The quantitative estimate of drug-likeness (QED) is 0.697. The number of hydrogen-bond acceptors (Lipinski definition) is 3. The molecule has 0 aliphatic heterocycles. The largest absolute Gasteiger partial charge is 0.491 e. The zero-order valence-corrected chi connectivity index (χ0v) is 11.6. The summed E-state index contributed by atoms with van der Waals surface area (Å²) in [6.45, 7) is 6.09. The summed E-state index contributed by atoms with van der Waals surface area (Å²) in [6.07, 6.45) is 2.23. The van der Waals surface area contributed by atoms with E-state index in [-0.39, 0.29) is 5.56 Å². The fraction of sp³-hybridized carbons (Fsp3) is 0.533. The van der Waals surface area contributed by atoms with E-state index in [1.165, 1.54) is 18.6 Å². The SMILES string of the molecule is CC(C)CCCOCCOc1cccc(C(=O)O)c1. The van der Waals surface area contributed by atoms with Gasteiger partial charge in [-0.2, -0.15) is 0 Å². The van der Waals surface area contributed by atoms with Gasteiger partial charge in [-0.15, -0.1) is 0 Å². The molecule has 0 aromatic heterocycles. The van der Waals surface area contributed by atoms with Gasteiger partial charge >= 0.3 is 5.97 Å². The summed E-state index contributed by atoms with van der Waals surface area (Å²) in [5, 5.41) is 8.84. The molecular formula is C15H22O4. The molecule has 1 rings (SSSR count). The van der Waals surface area contributed by atoms with Gasteiger partial charge in [0.1, 0.15) is 12.4 Å². The van der Waals surface area contributed by atoms with Crippen LogP contribution in [0.5, 0.6) is 5.75 Å². The Morgan fingerprint density at radius 1 is 1.26 bits per heavy atom. The standard InChI is InChI=1S/C15H22O4/c1-12(2)5-4-8-18-9-10-19-14-7-3-6-13(11-14)15(16)17/h3,6-7,11-12H,4-5,8-10H2,1-2H3,(H,16,17). The highest BCUT2D eigenvalue weighted by Gasteiger charge is 2.03. The molecule has 106 valence electrons. The number of carboxylic acids is 1. The summed E-state index contributed by atoms with van der Waals surface area (Å²) in [5.41, 5.74) is 0.232. The van der Waals surface area contributed by atoms with Crippen LogP contribution in [0.3, 0.4) is 0 Å². The molecule has 19 heavy (non-hydrogen) atoms. The molecule has 0 aliphatic rings. The van der Waals surface area contributed by atoms with Crippen LogP contribution in [0.25, 0.3) is 0 Å². The summed E-state index contributed by atoms with van der Waals surface area (Å²) in [6, 6.07) is 6.46. The van der Waals surface area contributed by atoms with Crippen molar-refractivity contribution in [2.24, 2.45) is 5.92 Å². The minimum Gasteiger partial charge on any atom is -0.491 e. The molecule has 0 saturated heterocycles. The van der Waals surface area contributed by atoms with Gasteiger partial charge in [0.2, 0.25) is 0 Å². The molecule has 0 bridgehead atoms. The first-order valence-corrected chi connectivity index (χ1v) is 6.63. The Labute approximate surface area is 114 Å². The maximum absolute atomic E-state index is 10.8. The Morgan fingerprint density at radius 2 is 2.05 bits per heavy atom. The third-order valence-electron chi connectivity index (χ3n) is 2.65. The number of hydrogen-bond donors (Lipinski definition) is 1. The number of rotatable bonds is 9. The molecule has 0 unspecified atom stereocenters. The van der Waals surface area contributed by atoms with E-state index >= 15 is 0 Å². The van der Waals surface area contributed by atoms with E-state index in [0.29, 0.717) is 24.9 Å². The van der Waals surface area contributed by atoms with Crippen LogP contribution in [-0.2, 0) is 4.74 Å². The fourth-order valence-corrected chi connectivity index (χ4v) is 1.63. The Morgan fingerprint density at radius 3 is 2.74 bits per heavy atom. The van der Waals surface area contributed by atoms with E-state index in [9.17, 15) is 4.79 Å². The number of aromatic carboxylic acids is 1. The van der Waals surface area contributed by atoms with Gasteiger partial charge < -0.3 is 14.6 Å². The van der Waals surface area contributed by atoms with Gasteiger partial charge in [-0.25, -0.2) is 4.79 Å². The molecule has 4 heteroatoms. The highest BCUT2D eigenvalue weighted by atomic mass is 16.5. The van der Waals surface area contributed by atoms with Gasteiger partial charge in [-0.1, -0.05) is 19.9 Å². The van der Waals surface area contributed by atoms with Crippen molar-refractivity contribution in [3.8, 4) is 5.75 Å². The fourth-order valence-electron chi connectivity index (χ4n) is 1.63. The van der Waals surface area contributed by atoms with Crippen molar-refractivity contribution in [2.45, 2.75) is 26.7 Å². The number of benzene rings is 1. The van der Waals surface area contributed by atoms with E-state index in [0.717, 1.165) is 13.0 Å². The molecule has 0 atom stereocenters. The molecule has 1 aromatic carbocycles. The van der Waals surface area contributed by atoms with E-state index in [2.05, 4.69) is 13.8 Å². The number of carbonyl (C=O) groups is 1. The molecular weight excluding hydrogens is 244 g/mol. The Balaban J connectivity index is 2.15. The lowest BCUT2D eigenvalue weighted by Crippen LogP contribution is -2.08. The lowest BCUT2D eigenvalue weighted by atomic mass is 10.1. The van der Waals surface area contributed by atoms with Crippen LogP contribution in [0.4, 0.5) is 0 Å². The van der Waals surface area contributed by atoms with Crippen LogP contribution in [0.2, 0.25) is 0 Å². The van der Waals surface area contributed by atoms with Crippen molar-refractivity contribution in [3.63, 3.8) is 0 Å². The minimum atomic E-state index is -0.949. The average Bonchev–Trinajstić information content (AvgIpc) is 2.37. The van der Waals surface area contributed by atoms with Crippen LogP contribution >= 0.6 is 0 Å². The van der Waals surface area contributed by atoms with Crippen molar-refractivity contribution in [1.82, 2.24) is 0 Å². The smallest absolute Gasteiger partial charge is 0.335 e. The second-order valence-corrected chi connectivity index (χ2v) is 4.83. The zero-order chi connectivity index (χ0) is 14.1. The van der Waals surface area contributed by atoms with Crippen LogP contribution in [-0.4, -0.2) is 30.9 Å². The van der Waals surface area contributed by atoms with E-state index in [1.54, 1.807) is 12.1 Å².